The Morgan fingerprint density at radius 3 is 1.38 bits per heavy atom. The van der Waals surface area contributed by atoms with E-state index < -0.39 is 0 Å². The van der Waals surface area contributed by atoms with Gasteiger partial charge in [0, 0.05) is 25.0 Å². The molecular weight excluding hydrogens is 324 g/mol. The standard InChI is InChI=1S/C22H34N2O2/c1-23-19(15-11-17-21(23)25-3)13-9-7-5-6-8-10-14-20-16-12-18-22(26-4)24(20)2/h11-12,15-18H,5-10,13-14H2,1-4H3/q+2. The van der Waals surface area contributed by atoms with E-state index in [0.717, 1.165) is 24.6 Å². The molecule has 2 heterocycles. The first kappa shape index (κ1) is 20.2. The zero-order valence-electron chi connectivity index (χ0n) is 16.8. The summed E-state index contributed by atoms with van der Waals surface area (Å²) in [7, 11) is 7.61. The van der Waals surface area contributed by atoms with Crippen molar-refractivity contribution in [3.63, 3.8) is 0 Å². The van der Waals surface area contributed by atoms with Crippen LogP contribution < -0.4 is 18.6 Å². The molecule has 4 heteroatoms. The van der Waals surface area contributed by atoms with Gasteiger partial charge in [0.25, 0.3) is 0 Å². The van der Waals surface area contributed by atoms with E-state index in [1.165, 1.54) is 49.9 Å². The van der Waals surface area contributed by atoms with Crippen LogP contribution in [0.25, 0.3) is 0 Å². The Balaban J connectivity index is 1.60. The van der Waals surface area contributed by atoms with Crippen molar-refractivity contribution in [3.05, 3.63) is 47.8 Å². The number of methoxy groups -OCH3 is 2. The molecule has 4 nitrogen and oxygen atoms in total. The minimum Gasteiger partial charge on any atom is -0.448 e. The van der Waals surface area contributed by atoms with E-state index in [0.29, 0.717) is 0 Å². The van der Waals surface area contributed by atoms with Crippen molar-refractivity contribution in [2.45, 2.75) is 51.4 Å². The monoisotopic (exact) mass is 358 g/mol. The molecule has 0 radical (unpaired) electrons. The van der Waals surface area contributed by atoms with Crippen LogP contribution in [0.4, 0.5) is 0 Å². The highest BCUT2D eigenvalue weighted by atomic mass is 16.5. The van der Waals surface area contributed by atoms with E-state index in [9.17, 15) is 0 Å². The van der Waals surface area contributed by atoms with Crippen LogP contribution in [0.2, 0.25) is 0 Å². The Hall–Kier alpha value is -2.10. The van der Waals surface area contributed by atoms with Gasteiger partial charge in [-0.1, -0.05) is 25.7 Å². The first-order valence-corrected chi connectivity index (χ1v) is 9.71. The fourth-order valence-electron chi connectivity index (χ4n) is 3.44. The van der Waals surface area contributed by atoms with Gasteiger partial charge in [0.1, 0.15) is 14.1 Å². The van der Waals surface area contributed by atoms with Crippen molar-refractivity contribution in [1.82, 2.24) is 0 Å². The van der Waals surface area contributed by atoms with Gasteiger partial charge in [0.05, 0.1) is 26.4 Å². The van der Waals surface area contributed by atoms with Gasteiger partial charge in [-0.15, -0.1) is 0 Å². The summed E-state index contributed by atoms with van der Waals surface area (Å²) in [5.74, 6) is 1.85. The summed E-state index contributed by atoms with van der Waals surface area (Å²) in [4.78, 5) is 0. The molecule has 0 saturated heterocycles. The molecule has 0 aliphatic heterocycles. The molecule has 0 amide bonds. The smallest absolute Gasteiger partial charge is 0.367 e. The van der Waals surface area contributed by atoms with Crippen molar-refractivity contribution in [1.29, 1.82) is 0 Å². The number of nitrogens with zero attached hydrogens (tertiary/aromatic N) is 2. The maximum atomic E-state index is 5.37. The first-order valence-electron chi connectivity index (χ1n) is 9.71. The highest BCUT2D eigenvalue weighted by Crippen LogP contribution is 2.12. The number of hydrogen-bond donors (Lipinski definition) is 0. The predicted molar refractivity (Wildman–Crippen MR) is 103 cm³/mol. The lowest BCUT2D eigenvalue weighted by Gasteiger charge is -2.05. The van der Waals surface area contributed by atoms with Crippen LogP contribution in [0, 0.1) is 0 Å². The van der Waals surface area contributed by atoms with Gasteiger partial charge in [-0.3, -0.25) is 0 Å². The second-order valence-electron chi connectivity index (χ2n) is 6.86. The van der Waals surface area contributed by atoms with Crippen molar-refractivity contribution in [2.24, 2.45) is 14.1 Å². The Bertz CT molecular complexity index is 626. The second-order valence-corrected chi connectivity index (χ2v) is 6.86. The lowest BCUT2D eigenvalue weighted by molar-refractivity contribution is -0.684. The summed E-state index contributed by atoms with van der Waals surface area (Å²) in [5, 5.41) is 0. The molecule has 26 heavy (non-hydrogen) atoms. The van der Waals surface area contributed by atoms with Gasteiger partial charge in [-0.25, -0.2) is 0 Å². The minimum absolute atomic E-state index is 0.924. The third-order valence-electron chi connectivity index (χ3n) is 5.11. The Morgan fingerprint density at radius 1 is 0.615 bits per heavy atom. The number of hydrogen-bond acceptors (Lipinski definition) is 2. The molecule has 0 unspecified atom stereocenters. The van der Waals surface area contributed by atoms with Gasteiger partial charge in [-0.2, -0.15) is 9.13 Å². The summed E-state index contributed by atoms with van der Waals surface area (Å²) in [6.07, 6.45) is 9.95. The Kier molecular flexibility index (Phi) is 8.39. The maximum absolute atomic E-state index is 5.37. The lowest BCUT2D eigenvalue weighted by Crippen LogP contribution is -2.35. The van der Waals surface area contributed by atoms with E-state index in [4.69, 9.17) is 9.47 Å². The summed E-state index contributed by atoms with van der Waals surface area (Å²) in [6, 6.07) is 12.5. The van der Waals surface area contributed by atoms with Crippen molar-refractivity contribution >= 4 is 0 Å². The number of rotatable bonds is 11. The minimum atomic E-state index is 0.924. The molecule has 0 saturated carbocycles. The molecule has 142 valence electrons. The quantitative estimate of drug-likeness (QED) is 0.454. The summed E-state index contributed by atoms with van der Waals surface area (Å²) >= 11 is 0. The maximum Gasteiger partial charge on any atom is 0.367 e. The van der Waals surface area contributed by atoms with Crippen LogP contribution in [-0.2, 0) is 26.9 Å². The highest BCUT2D eigenvalue weighted by molar-refractivity contribution is 5.08. The van der Waals surface area contributed by atoms with E-state index >= 15 is 0 Å². The summed E-state index contributed by atoms with van der Waals surface area (Å²) in [5.41, 5.74) is 2.68. The van der Waals surface area contributed by atoms with Crippen molar-refractivity contribution in [2.75, 3.05) is 14.2 Å². The van der Waals surface area contributed by atoms with Gasteiger partial charge in [0.15, 0.2) is 11.4 Å². The fraction of sp³-hybridized carbons (Fsp3) is 0.545. The van der Waals surface area contributed by atoms with Crippen LogP contribution in [0.5, 0.6) is 11.8 Å². The van der Waals surface area contributed by atoms with Crippen LogP contribution in [0.3, 0.4) is 0 Å². The van der Waals surface area contributed by atoms with Crippen LogP contribution in [0.1, 0.15) is 49.9 Å². The molecule has 0 fully saturated rings. The van der Waals surface area contributed by atoms with E-state index in [1.807, 2.05) is 12.1 Å². The zero-order chi connectivity index (χ0) is 18.8. The van der Waals surface area contributed by atoms with E-state index in [1.54, 1.807) is 14.2 Å². The number of pyridine rings is 2. The first-order chi connectivity index (χ1) is 12.7. The molecule has 0 N–H and O–H groups in total. The average molecular weight is 359 g/mol. The predicted octanol–water partition coefficient (Wildman–Crippen LogP) is 3.48. The topological polar surface area (TPSA) is 26.2 Å². The number of aryl methyl sites for hydroxylation is 2. The largest absolute Gasteiger partial charge is 0.448 e. The third kappa shape index (κ3) is 5.72. The zero-order valence-corrected chi connectivity index (χ0v) is 16.8. The molecule has 0 atom stereocenters. The molecule has 2 aromatic rings. The number of ether oxygens (including phenoxy) is 2. The van der Waals surface area contributed by atoms with Crippen LogP contribution >= 0.6 is 0 Å². The van der Waals surface area contributed by atoms with E-state index in [2.05, 4.69) is 47.5 Å². The number of unbranched alkanes of at least 4 members (excludes halogenated alkanes) is 5. The Morgan fingerprint density at radius 2 is 1.00 bits per heavy atom. The van der Waals surface area contributed by atoms with Crippen LogP contribution in [-0.4, -0.2) is 14.2 Å². The SMILES string of the molecule is COc1cccc(CCCCCCCCc2cccc(OC)[n+]2C)[n+]1C. The van der Waals surface area contributed by atoms with Crippen molar-refractivity contribution < 1.29 is 18.6 Å². The fourth-order valence-corrected chi connectivity index (χ4v) is 3.44. The normalized spacial score (nSPS) is 10.8. The molecule has 0 bridgehead atoms. The average Bonchev–Trinajstić information content (AvgIpc) is 2.66. The highest BCUT2D eigenvalue weighted by Gasteiger charge is 2.12. The molecule has 2 rings (SSSR count). The Labute approximate surface area is 158 Å². The molecule has 2 aromatic heterocycles. The van der Waals surface area contributed by atoms with Gasteiger partial charge in [-0.05, 0) is 25.0 Å². The van der Waals surface area contributed by atoms with Gasteiger partial charge < -0.3 is 9.47 Å². The van der Waals surface area contributed by atoms with Gasteiger partial charge >= 0.3 is 11.8 Å². The third-order valence-corrected chi connectivity index (χ3v) is 5.11. The van der Waals surface area contributed by atoms with E-state index in [-0.39, 0.29) is 0 Å². The molecule has 0 spiro atoms. The number of aromatic nitrogens is 2. The summed E-state index contributed by atoms with van der Waals surface area (Å²) < 4.78 is 15.0. The van der Waals surface area contributed by atoms with Crippen molar-refractivity contribution in [3.8, 4) is 11.8 Å². The molecule has 0 aromatic carbocycles. The van der Waals surface area contributed by atoms with Crippen LogP contribution in [0.15, 0.2) is 36.4 Å². The molecule has 0 aliphatic carbocycles. The lowest BCUT2D eigenvalue weighted by atomic mass is 10.1. The molecule has 0 aliphatic rings. The second kappa shape index (κ2) is 10.8. The van der Waals surface area contributed by atoms with Gasteiger partial charge in [0.2, 0.25) is 0 Å². The summed E-state index contributed by atoms with van der Waals surface area (Å²) in [6.45, 7) is 0. The molecular formula is C22H34N2O2+2.